The Morgan fingerprint density at radius 2 is 2.12 bits per heavy atom. The first-order valence-corrected chi connectivity index (χ1v) is 8.16. The summed E-state index contributed by atoms with van der Waals surface area (Å²) >= 11 is 1.61. The van der Waals surface area contributed by atoms with E-state index in [1.807, 2.05) is 30.5 Å². The Kier molecular flexibility index (Phi) is 4.31. The van der Waals surface area contributed by atoms with Crippen LogP contribution in [0.5, 0.6) is 0 Å². The molecule has 0 bridgehead atoms. The maximum Gasteiger partial charge on any atom is 0.251 e. The molecule has 0 saturated carbocycles. The molecule has 0 aliphatic rings. The molecule has 2 aromatic heterocycles. The molecule has 24 heavy (non-hydrogen) atoms. The first-order chi connectivity index (χ1) is 11.6. The summed E-state index contributed by atoms with van der Waals surface area (Å²) in [5.74, 6) is 0.134. The van der Waals surface area contributed by atoms with E-state index >= 15 is 0 Å². The van der Waals surface area contributed by atoms with Crippen molar-refractivity contribution < 1.29 is 4.79 Å². The van der Waals surface area contributed by atoms with Gasteiger partial charge in [0.25, 0.3) is 5.91 Å². The van der Waals surface area contributed by atoms with Crippen molar-refractivity contribution in [2.24, 2.45) is 0 Å². The number of rotatable bonds is 4. The highest BCUT2D eigenvalue weighted by Gasteiger charge is 2.13. The van der Waals surface area contributed by atoms with Gasteiger partial charge in [0, 0.05) is 10.4 Å². The molecule has 120 valence electrons. The summed E-state index contributed by atoms with van der Waals surface area (Å²) in [6, 6.07) is 12.8. The Hall–Kier alpha value is -3.11. The lowest BCUT2D eigenvalue weighted by molar-refractivity contribution is 0.0940. The van der Waals surface area contributed by atoms with Gasteiger partial charge in [-0.2, -0.15) is 10.4 Å². The zero-order valence-electron chi connectivity index (χ0n) is 12.9. The van der Waals surface area contributed by atoms with Crippen LogP contribution in [0.3, 0.4) is 0 Å². The van der Waals surface area contributed by atoms with E-state index < -0.39 is 0 Å². The molecule has 3 rings (SSSR count). The van der Waals surface area contributed by atoms with E-state index in [4.69, 9.17) is 11.0 Å². The van der Waals surface area contributed by atoms with Gasteiger partial charge >= 0.3 is 0 Å². The first kappa shape index (κ1) is 15.8. The SMILES string of the molecule is C[C@@H](NC(=O)c1ccc(-n2ncc(C#N)c2N)cc1)c1cccs1. The lowest BCUT2D eigenvalue weighted by Crippen LogP contribution is -2.26. The van der Waals surface area contributed by atoms with Crippen molar-refractivity contribution in [1.29, 1.82) is 5.26 Å². The lowest BCUT2D eigenvalue weighted by Gasteiger charge is -2.12. The maximum absolute atomic E-state index is 12.3. The number of hydrogen-bond acceptors (Lipinski definition) is 5. The summed E-state index contributed by atoms with van der Waals surface area (Å²) in [5.41, 5.74) is 7.43. The number of thiophene rings is 1. The molecular weight excluding hydrogens is 322 g/mol. The smallest absolute Gasteiger partial charge is 0.251 e. The van der Waals surface area contributed by atoms with Crippen LogP contribution < -0.4 is 11.1 Å². The summed E-state index contributed by atoms with van der Waals surface area (Å²) in [7, 11) is 0. The summed E-state index contributed by atoms with van der Waals surface area (Å²) in [4.78, 5) is 13.4. The summed E-state index contributed by atoms with van der Waals surface area (Å²) in [5, 5.41) is 18.0. The fourth-order valence-corrected chi connectivity index (χ4v) is 3.03. The van der Waals surface area contributed by atoms with Crippen LogP contribution in [0.4, 0.5) is 5.82 Å². The second-order valence-corrected chi connectivity index (χ2v) is 6.20. The van der Waals surface area contributed by atoms with Gasteiger partial charge in [-0.05, 0) is 42.6 Å². The van der Waals surface area contributed by atoms with Crippen molar-refractivity contribution in [3.05, 3.63) is 64.0 Å². The van der Waals surface area contributed by atoms with Crippen LogP contribution in [0.15, 0.2) is 48.0 Å². The Morgan fingerprint density at radius 1 is 1.38 bits per heavy atom. The molecule has 3 N–H and O–H groups in total. The zero-order chi connectivity index (χ0) is 17.1. The second-order valence-electron chi connectivity index (χ2n) is 5.22. The molecule has 0 fully saturated rings. The molecule has 7 heteroatoms. The van der Waals surface area contributed by atoms with E-state index in [9.17, 15) is 4.79 Å². The fourth-order valence-electron chi connectivity index (χ4n) is 2.29. The second kappa shape index (κ2) is 6.56. The molecule has 0 spiro atoms. The number of benzene rings is 1. The topological polar surface area (TPSA) is 96.7 Å². The minimum Gasteiger partial charge on any atom is -0.382 e. The van der Waals surface area contributed by atoms with Gasteiger partial charge in [0.2, 0.25) is 0 Å². The molecule has 0 unspecified atom stereocenters. The number of nitrogens with two attached hydrogens (primary N) is 1. The number of carbonyl (C=O) groups is 1. The molecule has 1 amide bonds. The summed E-state index contributed by atoms with van der Waals surface area (Å²) < 4.78 is 1.47. The highest BCUT2D eigenvalue weighted by molar-refractivity contribution is 7.10. The number of hydrogen-bond donors (Lipinski definition) is 2. The van der Waals surface area contributed by atoms with Crippen LogP contribution in [0, 0.1) is 11.3 Å². The average molecular weight is 337 g/mol. The number of carbonyl (C=O) groups excluding carboxylic acids is 1. The van der Waals surface area contributed by atoms with E-state index in [0.717, 1.165) is 4.88 Å². The third kappa shape index (κ3) is 3.00. The van der Waals surface area contributed by atoms with Crippen molar-refractivity contribution in [3.8, 4) is 11.8 Å². The Balaban J connectivity index is 1.75. The predicted octanol–water partition coefficient (Wildman–Crippen LogP) is 2.88. The molecule has 0 saturated heterocycles. The number of nitriles is 1. The van der Waals surface area contributed by atoms with Crippen LogP contribution in [0.25, 0.3) is 5.69 Å². The molecule has 1 atom stereocenters. The van der Waals surface area contributed by atoms with Gasteiger partial charge in [-0.15, -0.1) is 11.3 Å². The Morgan fingerprint density at radius 3 is 2.71 bits per heavy atom. The lowest BCUT2D eigenvalue weighted by atomic mass is 10.1. The molecule has 1 aromatic carbocycles. The first-order valence-electron chi connectivity index (χ1n) is 7.28. The van der Waals surface area contributed by atoms with Gasteiger partial charge in [-0.3, -0.25) is 4.79 Å². The minimum atomic E-state index is -0.145. The summed E-state index contributed by atoms with van der Waals surface area (Å²) in [6.45, 7) is 1.95. The van der Waals surface area contributed by atoms with Gasteiger partial charge in [0.05, 0.1) is 17.9 Å². The highest BCUT2D eigenvalue weighted by atomic mass is 32.1. The predicted molar refractivity (Wildman–Crippen MR) is 92.9 cm³/mol. The van der Waals surface area contributed by atoms with Crippen molar-refractivity contribution in [2.75, 3.05) is 5.73 Å². The Labute approximate surface area is 143 Å². The van der Waals surface area contributed by atoms with Crippen molar-refractivity contribution in [1.82, 2.24) is 15.1 Å². The van der Waals surface area contributed by atoms with Gasteiger partial charge in [-0.25, -0.2) is 4.68 Å². The van der Waals surface area contributed by atoms with E-state index in [1.54, 1.807) is 35.6 Å². The van der Waals surface area contributed by atoms with Gasteiger partial charge < -0.3 is 11.1 Å². The number of nitrogens with one attached hydrogen (secondary N) is 1. The third-order valence-electron chi connectivity index (χ3n) is 3.62. The van der Waals surface area contributed by atoms with E-state index in [-0.39, 0.29) is 17.8 Å². The van der Waals surface area contributed by atoms with Gasteiger partial charge in [0.15, 0.2) is 0 Å². The van der Waals surface area contributed by atoms with Crippen LogP contribution >= 0.6 is 11.3 Å². The highest BCUT2D eigenvalue weighted by Crippen LogP contribution is 2.20. The molecule has 6 nitrogen and oxygen atoms in total. The van der Waals surface area contributed by atoms with Crippen LogP contribution in [-0.2, 0) is 0 Å². The molecule has 0 aliphatic carbocycles. The van der Waals surface area contributed by atoms with E-state index in [1.165, 1.54) is 10.9 Å². The van der Waals surface area contributed by atoms with Crippen LogP contribution in [-0.4, -0.2) is 15.7 Å². The monoisotopic (exact) mass is 337 g/mol. The van der Waals surface area contributed by atoms with Crippen molar-refractivity contribution >= 4 is 23.1 Å². The van der Waals surface area contributed by atoms with Crippen molar-refractivity contribution in [2.45, 2.75) is 13.0 Å². The quantitative estimate of drug-likeness (QED) is 0.765. The molecule has 3 aromatic rings. The van der Waals surface area contributed by atoms with Crippen molar-refractivity contribution in [3.63, 3.8) is 0 Å². The minimum absolute atomic E-state index is 0.0443. The molecular formula is C17H15N5OS. The normalized spacial score (nSPS) is 11.7. The number of aromatic nitrogens is 2. The van der Waals surface area contributed by atoms with Gasteiger partial charge in [-0.1, -0.05) is 6.07 Å². The molecule has 0 radical (unpaired) electrons. The fraction of sp³-hybridized carbons (Fsp3) is 0.118. The third-order valence-corrected chi connectivity index (χ3v) is 4.67. The zero-order valence-corrected chi connectivity index (χ0v) is 13.7. The largest absolute Gasteiger partial charge is 0.382 e. The number of nitrogen functional groups attached to an aromatic ring is 1. The van der Waals surface area contributed by atoms with Crippen LogP contribution in [0.2, 0.25) is 0 Å². The number of anilines is 1. The van der Waals surface area contributed by atoms with Gasteiger partial charge in [0.1, 0.15) is 17.5 Å². The summed E-state index contributed by atoms with van der Waals surface area (Å²) in [6.07, 6.45) is 1.42. The maximum atomic E-state index is 12.3. The van der Waals surface area contributed by atoms with Crippen LogP contribution in [0.1, 0.15) is 33.8 Å². The average Bonchev–Trinajstić information content (AvgIpc) is 3.24. The van der Waals surface area contributed by atoms with E-state index in [0.29, 0.717) is 16.8 Å². The standard InChI is InChI=1S/C17H15N5OS/c1-11(15-3-2-8-24-15)21-17(23)12-4-6-14(7-5-12)22-16(19)13(9-18)10-20-22/h2-8,10-11H,19H2,1H3,(H,21,23)/t11-/m1/s1. The molecule has 0 aliphatic heterocycles. The number of amides is 1. The Bertz CT molecular complexity index is 890. The van der Waals surface area contributed by atoms with E-state index in [2.05, 4.69) is 10.4 Å². The number of nitrogens with zero attached hydrogens (tertiary/aromatic N) is 3. The molecule has 2 heterocycles.